The maximum absolute atomic E-state index is 9.30. The standard InChI is InChI=1S/CH4NO2S.CH3.Y/c1-5(2,3)4;;/h1H3,(H-,2,3,4);1H3;/q2*-1;. The molecule has 3 nitrogen and oxygen atoms in total. The molecule has 0 fully saturated rings. The van der Waals surface area contributed by atoms with Gasteiger partial charge in [-0.3, -0.25) is 0 Å². The minimum absolute atomic E-state index is 0. The number of rotatable bonds is 0. The van der Waals surface area contributed by atoms with Crippen LogP contribution in [0, 0.1) is 7.43 Å². The molecular weight excluding hydrogens is 191 g/mol. The first-order valence-corrected chi connectivity index (χ1v) is 2.84. The third kappa shape index (κ3) is 172. The van der Waals surface area contributed by atoms with Crippen molar-refractivity contribution >= 4 is 10.0 Å². The van der Waals surface area contributed by atoms with Crippen molar-refractivity contribution < 1.29 is 41.1 Å². The summed E-state index contributed by atoms with van der Waals surface area (Å²) in [5, 5.41) is 5.91. The molecule has 1 radical (unpaired) electrons. The molecule has 0 rings (SSSR count). The molecule has 0 aliphatic rings. The van der Waals surface area contributed by atoms with Gasteiger partial charge in [-0.05, 0) is 0 Å². The minimum atomic E-state index is -3.42. The van der Waals surface area contributed by atoms with Gasteiger partial charge in [0.05, 0.1) is 10.0 Å². The first-order valence-electron chi connectivity index (χ1n) is 0.946. The average molecular weight is 198 g/mol. The van der Waals surface area contributed by atoms with E-state index in [-0.39, 0.29) is 40.1 Å². The van der Waals surface area contributed by atoms with Crippen LogP contribution in [0.15, 0.2) is 0 Å². The van der Waals surface area contributed by atoms with E-state index in [2.05, 4.69) is 0 Å². The van der Waals surface area contributed by atoms with Crippen molar-refractivity contribution in [1.82, 2.24) is 0 Å². The van der Waals surface area contributed by atoms with Crippen molar-refractivity contribution in [2.45, 2.75) is 0 Å². The Kier molecular flexibility index (Phi) is 11.6. The zero-order chi connectivity index (χ0) is 4.50. The van der Waals surface area contributed by atoms with Gasteiger partial charge in [-0.1, -0.05) is 0 Å². The predicted molar refractivity (Wildman–Crippen MR) is 25.6 cm³/mol. The van der Waals surface area contributed by atoms with Crippen molar-refractivity contribution in [3.8, 4) is 0 Å². The molecule has 0 heterocycles. The molecule has 0 atom stereocenters. The number of hydrogen-bond acceptors (Lipinski definition) is 2. The zero-order valence-electron chi connectivity index (χ0n) is 4.30. The van der Waals surface area contributed by atoms with E-state index < -0.39 is 10.0 Å². The quantitative estimate of drug-likeness (QED) is 0.530. The maximum atomic E-state index is 9.30. The molecule has 0 amide bonds. The molecule has 7 heavy (non-hydrogen) atoms. The fourth-order valence-corrected chi connectivity index (χ4v) is 0. The van der Waals surface area contributed by atoms with Gasteiger partial charge < -0.3 is 12.6 Å². The minimum Gasteiger partial charge on any atom is -0.564 e. The Labute approximate surface area is 69.6 Å². The monoisotopic (exact) mass is 198 g/mol. The zero-order valence-corrected chi connectivity index (χ0v) is 7.96. The molecule has 0 aliphatic heterocycles. The van der Waals surface area contributed by atoms with Gasteiger partial charge in [-0.2, -0.15) is 0 Å². The largest absolute Gasteiger partial charge is 0.564 e. The molecule has 0 aromatic heterocycles. The molecule has 0 spiro atoms. The molecule has 0 aliphatic carbocycles. The molecule has 1 N–H and O–H groups in total. The van der Waals surface area contributed by atoms with Crippen LogP contribution in [-0.4, -0.2) is 14.7 Å². The van der Waals surface area contributed by atoms with Crippen LogP contribution >= 0.6 is 0 Å². The number of hydrogen-bond donors (Lipinski definition) is 0. The van der Waals surface area contributed by atoms with E-state index in [9.17, 15) is 8.42 Å². The van der Waals surface area contributed by atoms with Crippen LogP contribution in [0.2, 0.25) is 0 Å². The first-order chi connectivity index (χ1) is 2.00. The van der Waals surface area contributed by atoms with E-state index >= 15 is 0 Å². The summed E-state index contributed by atoms with van der Waals surface area (Å²) in [6.07, 6.45) is 0.826. The Morgan fingerprint density at radius 2 is 1.43 bits per heavy atom. The van der Waals surface area contributed by atoms with Crippen LogP contribution in [0.1, 0.15) is 0 Å². The summed E-state index contributed by atoms with van der Waals surface area (Å²) in [5.74, 6) is 0. The molecule has 0 unspecified atom stereocenters. The second-order valence-electron chi connectivity index (χ2n) is 0.772. The topological polar surface area (TPSA) is 57.9 Å². The van der Waals surface area contributed by atoms with Crippen LogP contribution in [0.3, 0.4) is 0 Å². The summed E-state index contributed by atoms with van der Waals surface area (Å²) in [6.45, 7) is 0. The van der Waals surface area contributed by atoms with Crippen LogP contribution < -0.4 is 0 Å². The van der Waals surface area contributed by atoms with Gasteiger partial charge >= 0.3 is 0 Å². The van der Waals surface area contributed by atoms with E-state index in [1.807, 2.05) is 0 Å². The summed E-state index contributed by atoms with van der Waals surface area (Å²) in [7, 11) is -3.42. The van der Waals surface area contributed by atoms with Gasteiger partial charge in [0.1, 0.15) is 0 Å². The molecule has 0 bridgehead atoms. The molecule has 43 valence electrons. The van der Waals surface area contributed by atoms with Crippen molar-refractivity contribution in [3.63, 3.8) is 0 Å². The van der Waals surface area contributed by atoms with Gasteiger partial charge in [-0.25, -0.2) is 8.42 Å². The molecule has 0 aromatic rings. The molecule has 0 aromatic carbocycles. The van der Waals surface area contributed by atoms with E-state index in [0.29, 0.717) is 0 Å². The van der Waals surface area contributed by atoms with Gasteiger partial charge in [0.25, 0.3) is 0 Å². The third-order valence-corrected chi connectivity index (χ3v) is 0. The van der Waals surface area contributed by atoms with Crippen molar-refractivity contribution in [2.75, 3.05) is 6.26 Å². The van der Waals surface area contributed by atoms with E-state index in [0.717, 1.165) is 6.26 Å². The molecule has 0 saturated heterocycles. The van der Waals surface area contributed by atoms with Crippen molar-refractivity contribution in [2.24, 2.45) is 0 Å². The Bertz CT molecular complexity index is 98.9. The second-order valence-corrected chi connectivity index (χ2v) is 2.32. The summed E-state index contributed by atoms with van der Waals surface area (Å²) in [6, 6.07) is 0. The third-order valence-electron chi connectivity index (χ3n) is 0. The van der Waals surface area contributed by atoms with Crippen molar-refractivity contribution in [3.05, 3.63) is 12.6 Å². The fraction of sp³-hybridized carbons (Fsp3) is 0.500. The SMILES string of the molecule is CS([NH-])(=O)=O.[CH3-].[Y]. The average Bonchev–Trinajstić information content (AvgIpc) is 0.722. The summed E-state index contributed by atoms with van der Waals surface area (Å²) < 4.78 is 18.6. The summed E-state index contributed by atoms with van der Waals surface area (Å²) >= 11 is 0. The van der Waals surface area contributed by atoms with E-state index in [1.54, 1.807) is 0 Å². The summed E-state index contributed by atoms with van der Waals surface area (Å²) in [4.78, 5) is 0. The number of nitrogens with one attached hydrogen (secondary N) is 1. The van der Waals surface area contributed by atoms with Gasteiger partial charge in [0, 0.05) is 39.0 Å². The van der Waals surface area contributed by atoms with Crippen LogP contribution in [0.4, 0.5) is 0 Å². The Morgan fingerprint density at radius 1 is 1.43 bits per heavy atom. The Hall–Kier alpha value is 1.01. The first kappa shape index (κ1) is 15.7. The summed E-state index contributed by atoms with van der Waals surface area (Å²) in [5.41, 5.74) is 0. The normalized spacial score (nSPS) is 8.29. The molecule has 5 heteroatoms. The van der Waals surface area contributed by atoms with E-state index in [1.165, 1.54) is 0 Å². The molecule has 0 saturated carbocycles. The Morgan fingerprint density at radius 3 is 1.43 bits per heavy atom. The van der Waals surface area contributed by atoms with Crippen LogP contribution in [0.25, 0.3) is 5.14 Å². The van der Waals surface area contributed by atoms with Crippen LogP contribution in [-0.2, 0) is 42.7 Å². The predicted octanol–water partition coefficient (Wildman–Crippen LogP) is 0.446. The second kappa shape index (κ2) is 5.16. The number of sulfonamides is 1. The van der Waals surface area contributed by atoms with Gasteiger partial charge in [-0.15, -0.1) is 0 Å². The maximum Gasteiger partial charge on any atom is 0.0670 e. The smallest absolute Gasteiger partial charge is 0.0670 e. The van der Waals surface area contributed by atoms with Crippen molar-refractivity contribution in [1.29, 1.82) is 0 Å². The fourth-order valence-electron chi connectivity index (χ4n) is 0. The van der Waals surface area contributed by atoms with Crippen LogP contribution in [0.5, 0.6) is 0 Å². The molecular formula is C2H7NO2SY-2. The van der Waals surface area contributed by atoms with Gasteiger partial charge in [0.2, 0.25) is 0 Å². The Balaban J connectivity index is -0.0000000800. The van der Waals surface area contributed by atoms with Gasteiger partial charge in [0.15, 0.2) is 0 Å². The van der Waals surface area contributed by atoms with E-state index in [4.69, 9.17) is 5.14 Å².